The number of aliphatic imine (C=N–C) groups is 1. The van der Waals surface area contributed by atoms with Gasteiger partial charge in [-0.2, -0.15) is 0 Å². The van der Waals surface area contributed by atoms with E-state index in [4.69, 9.17) is 14.2 Å². The fraction of sp³-hybridized carbons (Fsp3) is 0.588. The van der Waals surface area contributed by atoms with E-state index in [0.29, 0.717) is 6.54 Å². The molecule has 2 N–H and O–H groups in total. The van der Waals surface area contributed by atoms with Crippen LogP contribution in [-0.2, 0) is 11.3 Å². The second-order valence-electron chi connectivity index (χ2n) is 4.83. The lowest BCUT2D eigenvalue weighted by atomic mass is 10.2. The van der Waals surface area contributed by atoms with Crippen LogP contribution in [0.1, 0.15) is 25.8 Å². The summed E-state index contributed by atoms with van der Waals surface area (Å²) >= 11 is 0. The zero-order valence-corrected chi connectivity index (χ0v) is 17.4. The van der Waals surface area contributed by atoms with E-state index in [0.717, 1.165) is 55.7 Å². The molecular weight excluding hydrogens is 421 g/mol. The Kier molecular flexibility index (Phi) is 13.4. The van der Waals surface area contributed by atoms with E-state index in [1.807, 2.05) is 32.0 Å². The molecule has 1 aromatic carbocycles. The summed E-state index contributed by atoms with van der Waals surface area (Å²) in [6.07, 6.45) is 0.945. The number of methoxy groups -OCH3 is 2. The maximum atomic E-state index is 5.43. The van der Waals surface area contributed by atoms with Crippen LogP contribution in [0.15, 0.2) is 23.2 Å². The average molecular weight is 451 g/mol. The van der Waals surface area contributed by atoms with Crippen molar-refractivity contribution in [2.75, 3.05) is 40.5 Å². The summed E-state index contributed by atoms with van der Waals surface area (Å²) in [4.78, 5) is 4.60. The Balaban J connectivity index is 0.00000529. The van der Waals surface area contributed by atoms with Gasteiger partial charge in [-0.1, -0.05) is 12.1 Å². The topological polar surface area (TPSA) is 64.1 Å². The van der Waals surface area contributed by atoms with Crippen molar-refractivity contribution in [1.82, 2.24) is 10.6 Å². The predicted molar refractivity (Wildman–Crippen MR) is 109 cm³/mol. The number of nitrogens with zero attached hydrogens (tertiary/aromatic N) is 1. The Morgan fingerprint density at radius 2 is 1.92 bits per heavy atom. The number of para-hydroxylation sites is 1. The molecule has 24 heavy (non-hydrogen) atoms. The molecule has 0 saturated heterocycles. The van der Waals surface area contributed by atoms with E-state index in [1.165, 1.54) is 0 Å². The van der Waals surface area contributed by atoms with Crippen molar-refractivity contribution in [2.24, 2.45) is 4.99 Å². The molecule has 0 amide bonds. The molecule has 0 fully saturated rings. The van der Waals surface area contributed by atoms with Crippen LogP contribution in [0.25, 0.3) is 0 Å². The number of guanidine groups is 1. The van der Waals surface area contributed by atoms with Crippen LogP contribution in [0, 0.1) is 0 Å². The SMILES string of the molecule is CCNC(=NCc1cccc(OC)c1OC)NCCCOCC.I. The summed E-state index contributed by atoms with van der Waals surface area (Å²) < 4.78 is 16.1. The molecule has 1 aromatic rings. The second-order valence-corrected chi connectivity index (χ2v) is 4.83. The van der Waals surface area contributed by atoms with E-state index in [-0.39, 0.29) is 24.0 Å². The summed E-state index contributed by atoms with van der Waals surface area (Å²) in [6, 6.07) is 5.81. The zero-order valence-electron chi connectivity index (χ0n) is 15.1. The first-order valence-corrected chi connectivity index (χ1v) is 8.06. The predicted octanol–water partition coefficient (Wildman–Crippen LogP) is 2.80. The lowest BCUT2D eigenvalue weighted by Crippen LogP contribution is -2.38. The highest BCUT2D eigenvalue weighted by Crippen LogP contribution is 2.30. The maximum Gasteiger partial charge on any atom is 0.191 e. The molecule has 7 heteroatoms. The molecule has 0 heterocycles. The molecule has 0 bridgehead atoms. The minimum Gasteiger partial charge on any atom is -0.493 e. The summed E-state index contributed by atoms with van der Waals surface area (Å²) in [5, 5.41) is 6.54. The van der Waals surface area contributed by atoms with E-state index in [2.05, 4.69) is 15.6 Å². The van der Waals surface area contributed by atoms with Crippen LogP contribution in [0.3, 0.4) is 0 Å². The third-order valence-corrected chi connectivity index (χ3v) is 3.20. The van der Waals surface area contributed by atoms with Crippen molar-refractivity contribution in [3.05, 3.63) is 23.8 Å². The minimum atomic E-state index is 0. The average Bonchev–Trinajstić information content (AvgIpc) is 2.58. The lowest BCUT2D eigenvalue weighted by molar-refractivity contribution is 0.145. The standard InChI is InChI=1S/C17H29N3O3.HI/c1-5-18-17(19-11-8-12-23-6-2)20-13-14-9-7-10-15(21-3)16(14)22-4;/h7,9-10H,5-6,8,11-13H2,1-4H3,(H2,18,19,20);1H. The van der Waals surface area contributed by atoms with Crippen LogP contribution in [0.5, 0.6) is 11.5 Å². The first-order valence-electron chi connectivity index (χ1n) is 8.06. The molecule has 1 rings (SSSR count). The van der Waals surface area contributed by atoms with Gasteiger partial charge in [-0.25, -0.2) is 4.99 Å². The molecule has 138 valence electrons. The minimum absolute atomic E-state index is 0. The van der Waals surface area contributed by atoms with Gasteiger partial charge in [-0.15, -0.1) is 24.0 Å². The fourth-order valence-corrected chi connectivity index (χ4v) is 2.11. The van der Waals surface area contributed by atoms with E-state index in [1.54, 1.807) is 14.2 Å². The molecule has 0 aliphatic rings. The highest BCUT2D eigenvalue weighted by atomic mass is 127. The first kappa shape index (κ1) is 22.8. The molecule has 0 aliphatic heterocycles. The van der Waals surface area contributed by atoms with Crippen molar-refractivity contribution >= 4 is 29.9 Å². The van der Waals surface area contributed by atoms with Gasteiger partial charge in [0.05, 0.1) is 20.8 Å². The summed E-state index contributed by atoms with van der Waals surface area (Å²) in [5.41, 5.74) is 0.985. The van der Waals surface area contributed by atoms with Crippen molar-refractivity contribution in [3.8, 4) is 11.5 Å². The molecule has 0 spiro atoms. The van der Waals surface area contributed by atoms with Gasteiger partial charge < -0.3 is 24.8 Å². The van der Waals surface area contributed by atoms with Gasteiger partial charge in [0.25, 0.3) is 0 Å². The highest BCUT2D eigenvalue weighted by molar-refractivity contribution is 14.0. The van der Waals surface area contributed by atoms with Crippen LogP contribution in [0.2, 0.25) is 0 Å². The number of nitrogens with one attached hydrogen (secondary N) is 2. The van der Waals surface area contributed by atoms with Gasteiger partial charge >= 0.3 is 0 Å². The van der Waals surface area contributed by atoms with Crippen molar-refractivity contribution in [1.29, 1.82) is 0 Å². The number of benzene rings is 1. The van der Waals surface area contributed by atoms with E-state index < -0.39 is 0 Å². The van der Waals surface area contributed by atoms with Crippen molar-refractivity contribution < 1.29 is 14.2 Å². The summed E-state index contributed by atoms with van der Waals surface area (Å²) in [7, 11) is 3.27. The quantitative estimate of drug-likeness (QED) is 0.248. The number of hydrogen-bond acceptors (Lipinski definition) is 4. The molecular formula is C17H30IN3O3. The maximum absolute atomic E-state index is 5.43. The smallest absolute Gasteiger partial charge is 0.191 e. The molecule has 6 nitrogen and oxygen atoms in total. The normalized spacial score (nSPS) is 10.8. The fourth-order valence-electron chi connectivity index (χ4n) is 2.11. The number of rotatable bonds is 10. The van der Waals surface area contributed by atoms with Gasteiger partial charge in [0.2, 0.25) is 0 Å². The van der Waals surface area contributed by atoms with Gasteiger partial charge in [0.1, 0.15) is 0 Å². The molecule has 0 atom stereocenters. The zero-order chi connectivity index (χ0) is 16.9. The van der Waals surface area contributed by atoms with Gasteiger partial charge in [-0.05, 0) is 26.3 Å². The number of hydrogen-bond donors (Lipinski definition) is 2. The lowest BCUT2D eigenvalue weighted by Gasteiger charge is -2.13. The van der Waals surface area contributed by atoms with Gasteiger partial charge in [0.15, 0.2) is 17.5 Å². The Bertz CT molecular complexity index is 484. The number of ether oxygens (including phenoxy) is 3. The Hall–Kier alpha value is -1.22. The summed E-state index contributed by atoms with van der Waals surface area (Å²) in [6.45, 7) is 7.70. The van der Waals surface area contributed by atoms with E-state index in [9.17, 15) is 0 Å². The highest BCUT2D eigenvalue weighted by Gasteiger charge is 2.09. The van der Waals surface area contributed by atoms with Crippen LogP contribution < -0.4 is 20.1 Å². The molecule has 0 radical (unpaired) electrons. The third-order valence-electron chi connectivity index (χ3n) is 3.20. The molecule has 0 unspecified atom stereocenters. The summed E-state index contributed by atoms with van der Waals surface area (Å²) in [5.74, 6) is 2.23. The largest absolute Gasteiger partial charge is 0.493 e. The Morgan fingerprint density at radius 3 is 2.54 bits per heavy atom. The van der Waals surface area contributed by atoms with Crippen LogP contribution in [-0.4, -0.2) is 46.5 Å². The van der Waals surface area contributed by atoms with Gasteiger partial charge in [-0.3, -0.25) is 0 Å². The molecule has 0 aromatic heterocycles. The van der Waals surface area contributed by atoms with Crippen molar-refractivity contribution in [3.63, 3.8) is 0 Å². The molecule has 0 saturated carbocycles. The third kappa shape index (κ3) is 8.05. The van der Waals surface area contributed by atoms with Crippen LogP contribution >= 0.6 is 24.0 Å². The van der Waals surface area contributed by atoms with Crippen LogP contribution in [0.4, 0.5) is 0 Å². The Labute approximate surface area is 162 Å². The second kappa shape index (κ2) is 14.2. The first-order chi connectivity index (χ1) is 11.3. The monoisotopic (exact) mass is 451 g/mol. The molecule has 0 aliphatic carbocycles. The van der Waals surface area contributed by atoms with Gasteiger partial charge in [0, 0.05) is 31.9 Å². The number of halogens is 1. The van der Waals surface area contributed by atoms with Crippen molar-refractivity contribution in [2.45, 2.75) is 26.8 Å². The van der Waals surface area contributed by atoms with E-state index >= 15 is 0 Å². The Morgan fingerprint density at radius 1 is 1.12 bits per heavy atom.